The molecule has 0 bridgehead atoms. The zero-order chi connectivity index (χ0) is 47.7. The average Bonchev–Trinajstić information content (AvgIpc) is 3.84. The number of carboxylic acid groups (broad SMARTS) is 2. The van der Waals surface area contributed by atoms with Crippen molar-refractivity contribution < 1.29 is 57.9 Å². The molecular weight excluding hydrogens is 857 g/mol. The third kappa shape index (κ3) is 15.6. The fourth-order valence-corrected chi connectivity index (χ4v) is 10.2. The number of esters is 2. The van der Waals surface area contributed by atoms with Crippen LogP contribution in [-0.4, -0.2) is 255 Å². The Balaban J connectivity index is 0.000000249. The summed E-state index contributed by atoms with van der Waals surface area (Å²) >= 11 is 0. The van der Waals surface area contributed by atoms with Crippen molar-refractivity contribution in [3.8, 4) is 0 Å². The van der Waals surface area contributed by atoms with E-state index in [1.54, 1.807) is 18.7 Å². The van der Waals surface area contributed by atoms with E-state index in [-0.39, 0.29) is 55.8 Å². The zero-order valence-electron chi connectivity index (χ0n) is 40.3. The number of likely N-dealkylation sites (tertiary alicyclic amines) is 2. The topological polar surface area (TPSA) is 206 Å². The minimum atomic E-state index is -1.19. The van der Waals surface area contributed by atoms with Crippen LogP contribution in [0.5, 0.6) is 0 Å². The molecule has 6 aliphatic rings. The highest BCUT2D eigenvalue weighted by atomic mass is 16.6. The number of carbonyl (C=O) groups excluding carboxylic acids is 4. The number of piperidine rings is 2. The molecule has 0 saturated carbocycles. The van der Waals surface area contributed by atoms with E-state index in [0.29, 0.717) is 91.2 Å². The molecule has 2 amide bonds. The van der Waals surface area contributed by atoms with Crippen molar-refractivity contribution in [2.75, 3.05) is 157 Å². The SMILES string of the molecule is CCN1CCN(CCCN2CC(CN3CCC(CC(=O)O)(C(=O)O)CC3)OC2=O)CC1.CCOC(=O)CC1(C(=O)OCC)CCN(CC2CN(CCCN3CCN(CC)CC3)C(=O)O2)CC1. The number of carboxylic acids is 2. The number of amides is 2. The van der Waals surface area contributed by atoms with Crippen LogP contribution in [0, 0.1) is 10.8 Å². The molecule has 6 heterocycles. The fourth-order valence-electron chi connectivity index (χ4n) is 10.2. The Morgan fingerprint density at radius 1 is 0.545 bits per heavy atom. The lowest BCUT2D eigenvalue weighted by atomic mass is 9.75. The second kappa shape index (κ2) is 26.1. The first kappa shape index (κ1) is 53.1. The molecule has 6 aliphatic heterocycles. The number of nitrogens with zero attached hydrogens (tertiary/aromatic N) is 8. The molecule has 0 aromatic carbocycles. The summed E-state index contributed by atoms with van der Waals surface area (Å²) in [6.45, 7) is 27.6. The number of aliphatic carboxylic acids is 2. The minimum absolute atomic E-state index is 0.0488. The van der Waals surface area contributed by atoms with E-state index in [4.69, 9.17) is 24.1 Å². The molecule has 66 heavy (non-hydrogen) atoms. The van der Waals surface area contributed by atoms with E-state index < -0.39 is 22.8 Å². The van der Waals surface area contributed by atoms with Gasteiger partial charge in [0.15, 0.2) is 0 Å². The van der Waals surface area contributed by atoms with Gasteiger partial charge in [-0.15, -0.1) is 0 Å². The Morgan fingerprint density at radius 3 is 1.33 bits per heavy atom. The molecule has 0 radical (unpaired) electrons. The highest BCUT2D eigenvalue weighted by Gasteiger charge is 2.46. The number of ether oxygens (including phenoxy) is 4. The van der Waals surface area contributed by atoms with Crippen LogP contribution < -0.4 is 0 Å². The summed E-state index contributed by atoms with van der Waals surface area (Å²) in [7, 11) is 0. The molecule has 376 valence electrons. The first-order chi connectivity index (χ1) is 31.7. The van der Waals surface area contributed by atoms with E-state index in [0.717, 1.165) is 97.9 Å². The van der Waals surface area contributed by atoms with Crippen molar-refractivity contribution in [2.24, 2.45) is 10.8 Å². The summed E-state index contributed by atoms with van der Waals surface area (Å²) in [4.78, 5) is 89.9. The molecule has 0 aromatic heterocycles. The maximum absolute atomic E-state index is 12.7. The van der Waals surface area contributed by atoms with Crippen LogP contribution in [0.4, 0.5) is 9.59 Å². The van der Waals surface area contributed by atoms with Gasteiger partial charge in [0.05, 0.1) is 50.0 Å². The summed E-state index contributed by atoms with van der Waals surface area (Å²) in [5.41, 5.74) is -2.02. The number of hydrogen-bond acceptors (Lipinski definition) is 16. The molecule has 6 saturated heterocycles. The van der Waals surface area contributed by atoms with Gasteiger partial charge in [0.2, 0.25) is 0 Å². The summed E-state index contributed by atoms with van der Waals surface area (Å²) in [6, 6.07) is 0. The Morgan fingerprint density at radius 2 is 0.955 bits per heavy atom. The van der Waals surface area contributed by atoms with Crippen molar-refractivity contribution in [2.45, 2.75) is 91.3 Å². The molecule has 0 aliphatic carbocycles. The minimum Gasteiger partial charge on any atom is -0.481 e. The standard InChI is InChI=1S/C25H44N4O6.C21H36N4O6/c1-4-26-14-16-27(17-15-26)10-7-11-29-20-21(35-24(29)32)19-28-12-8-25(9-13-28,23(31)34-6-3)18-22(30)33-5-2;1-2-22-10-12-23(13-11-22)6-3-7-25-16-17(31-20(25)30)15-24-8-4-21(5-9-24,19(28)29)14-18(26)27/h21H,4-20H2,1-3H3;17H,2-16H2,1H3,(H,26,27)(H,28,29). The summed E-state index contributed by atoms with van der Waals surface area (Å²) < 4.78 is 21.6. The van der Waals surface area contributed by atoms with Gasteiger partial charge < -0.3 is 58.6 Å². The lowest BCUT2D eigenvalue weighted by molar-refractivity contribution is -0.165. The van der Waals surface area contributed by atoms with E-state index in [2.05, 4.69) is 43.2 Å². The monoisotopic (exact) mass is 937 g/mol. The molecule has 0 aromatic rings. The molecule has 6 fully saturated rings. The van der Waals surface area contributed by atoms with Crippen molar-refractivity contribution >= 4 is 36.1 Å². The summed E-state index contributed by atoms with van der Waals surface area (Å²) in [5, 5.41) is 18.6. The van der Waals surface area contributed by atoms with Crippen LogP contribution in [0.2, 0.25) is 0 Å². The molecule has 0 spiro atoms. The van der Waals surface area contributed by atoms with Gasteiger partial charge in [0.25, 0.3) is 0 Å². The number of piperazine rings is 2. The van der Waals surface area contributed by atoms with Gasteiger partial charge in [-0.25, -0.2) is 9.59 Å². The zero-order valence-corrected chi connectivity index (χ0v) is 40.3. The lowest BCUT2D eigenvalue weighted by Crippen LogP contribution is -2.48. The predicted octanol–water partition coefficient (Wildman–Crippen LogP) is 1.91. The Labute approximate surface area is 391 Å². The molecule has 2 N–H and O–H groups in total. The summed E-state index contributed by atoms with van der Waals surface area (Å²) in [6.07, 6.45) is 2.32. The number of rotatable bonds is 22. The van der Waals surface area contributed by atoms with Crippen LogP contribution in [-0.2, 0) is 38.1 Å². The predicted molar refractivity (Wildman–Crippen MR) is 244 cm³/mol. The van der Waals surface area contributed by atoms with Crippen LogP contribution in [0.15, 0.2) is 0 Å². The van der Waals surface area contributed by atoms with Gasteiger partial charge in [0, 0.05) is 78.5 Å². The van der Waals surface area contributed by atoms with Gasteiger partial charge in [-0.1, -0.05) is 13.8 Å². The van der Waals surface area contributed by atoms with Crippen LogP contribution in [0.1, 0.15) is 79.1 Å². The normalized spacial score (nSPS) is 24.6. The first-order valence-corrected chi connectivity index (χ1v) is 24.7. The second-order valence-corrected chi connectivity index (χ2v) is 18.9. The highest BCUT2D eigenvalue weighted by Crippen LogP contribution is 2.38. The van der Waals surface area contributed by atoms with E-state index in [1.807, 2.05) is 4.90 Å². The molecule has 20 nitrogen and oxygen atoms in total. The molecular formula is C46H80N8O12. The number of hydrogen-bond donors (Lipinski definition) is 2. The van der Waals surface area contributed by atoms with Crippen LogP contribution >= 0.6 is 0 Å². The quantitative estimate of drug-likeness (QED) is 0.118. The Kier molecular flexibility index (Phi) is 21.0. The smallest absolute Gasteiger partial charge is 0.410 e. The van der Waals surface area contributed by atoms with E-state index in [1.165, 1.54) is 0 Å². The number of carbonyl (C=O) groups is 6. The number of cyclic esters (lactones) is 2. The molecule has 2 unspecified atom stereocenters. The summed E-state index contributed by atoms with van der Waals surface area (Å²) in [5.74, 6) is -2.79. The van der Waals surface area contributed by atoms with Crippen molar-refractivity contribution in [1.29, 1.82) is 0 Å². The average molecular weight is 937 g/mol. The van der Waals surface area contributed by atoms with Crippen LogP contribution in [0.3, 0.4) is 0 Å². The van der Waals surface area contributed by atoms with Crippen molar-refractivity contribution in [3.63, 3.8) is 0 Å². The fraction of sp³-hybridized carbons (Fsp3) is 0.870. The van der Waals surface area contributed by atoms with Crippen molar-refractivity contribution in [1.82, 2.24) is 39.2 Å². The molecule has 2 atom stereocenters. The van der Waals surface area contributed by atoms with Gasteiger partial charge >= 0.3 is 36.1 Å². The van der Waals surface area contributed by atoms with E-state index in [9.17, 15) is 33.9 Å². The van der Waals surface area contributed by atoms with Gasteiger partial charge in [-0.2, -0.15) is 0 Å². The third-order valence-electron chi connectivity index (χ3n) is 14.5. The second-order valence-electron chi connectivity index (χ2n) is 18.9. The van der Waals surface area contributed by atoms with Crippen molar-refractivity contribution in [3.05, 3.63) is 0 Å². The Bertz CT molecular complexity index is 1580. The lowest BCUT2D eigenvalue weighted by Gasteiger charge is -2.39. The van der Waals surface area contributed by atoms with Gasteiger partial charge in [-0.3, -0.25) is 29.0 Å². The van der Waals surface area contributed by atoms with Crippen LogP contribution in [0.25, 0.3) is 0 Å². The van der Waals surface area contributed by atoms with E-state index >= 15 is 0 Å². The first-order valence-electron chi connectivity index (χ1n) is 24.7. The number of likely N-dealkylation sites (N-methyl/N-ethyl adjacent to an activating group) is 2. The van der Waals surface area contributed by atoms with Gasteiger partial charge in [0.1, 0.15) is 12.2 Å². The highest BCUT2D eigenvalue weighted by molar-refractivity contribution is 5.84. The molecule has 6 rings (SSSR count). The maximum atomic E-state index is 12.7. The largest absolute Gasteiger partial charge is 0.481 e. The van der Waals surface area contributed by atoms with Gasteiger partial charge in [-0.05, 0) is 105 Å². The maximum Gasteiger partial charge on any atom is 0.410 e. The third-order valence-corrected chi connectivity index (χ3v) is 14.5. The molecule has 20 heteroatoms. The Hall–Kier alpha value is -3.82.